The minimum Gasteiger partial charge on any atom is -0.477 e. The van der Waals surface area contributed by atoms with Gasteiger partial charge in [-0.15, -0.1) is 0 Å². The summed E-state index contributed by atoms with van der Waals surface area (Å²) < 4.78 is 49.5. The van der Waals surface area contributed by atoms with E-state index in [4.69, 9.17) is 5.11 Å². The average molecular weight is 226 g/mol. The lowest BCUT2D eigenvalue weighted by atomic mass is 10.1. The minimum atomic E-state index is -4.45. The number of aromatic amines is 1. The molecule has 2 N–H and O–H groups in total. The summed E-state index contributed by atoms with van der Waals surface area (Å²) in [6, 6.07) is 0. The van der Waals surface area contributed by atoms with Crippen molar-refractivity contribution in [2.75, 3.05) is 0 Å². The predicted molar refractivity (Wildman–Crippen MR) is 40.2 cm³/mol. The van der Waals surface area contributed by atoms with Crippen LogP contribution in [0.2, 0.25) is 0 Å². The van der Waals surface area contributed by atoms with E-state index in [0.717, 1.165) is 6.92 Å². The molecule has 0 unspecified atom stereocenters. The van der Waals surface area contributed by atoms with Crippen LogP contribution in [0.3, 0.4) is 0 Å². The molecule has 0 saturated heterocycles. The van der Waals surface area contributed by atoms with Gasteiger partial charge in [0, 0.05) is 5.56 Å². The lowest BCUT2D eigenvalue weighted by Gasteiger charge is -2.12. The molecule has 0 atom stereocenters. The first-order valence-corrected chi connectivity index (χ1v) is 3.73. The molecule has 1 heterocycles. The number of carboxylic acid groups (broad SMARTS) is 1. The standard InChI is InChI=1S/C7H6F4N2O2/c1-2-3(5(14)15)12-13-4(2)7(10,11)6(8)9/h6H,1H3,(H,12,13)(H,14,15). The SMILES string of the molecule is Cc1c(C(F)(F)C(F)F)n[nH]c1C(=O)O. The van der Waals surface area contributed by atoms with Crippen molar-refractivity contribution in [2.45, 2.75) is 19.3 Å². The number of H-pyrrole nitrogens is 1. The highest BCUT2D eigenvalue weighted by Crippen LogP contribution is 2.35. The van der Waals surface area contributed by atoms with Crippen LogP contribution in [-0.2, 0) is 5.92 Å². The van der Waals surface area contributed by atoms with E-state index < -0.39 is 35.3 Å². The Morgan fingerprint density at radius 3 is 2.40 bits per heavy atom. The summed E-state index contributed by atoms with van der Waals surface area (Å²) in [6.45, 7) is 0.985. The summed E-state index contributed by atoms with van der Waals surface area (Å²) in [5.74, 6) is -5.98. The Bertz CT molecular complexity index is 388. The van der Waals surface area contributed by atoms with Crippen LogP contribution in [0, 0.1) is 6.92 Å². The number of nitrogens with one attached hydrogen (secondary N) is 1. The van der Waals surface area contributed by atoms with Crippen LogP contribution in [0.25, 0.3) is 0 Å². The molecule has 0 amide bonds. The molecule has 15 heavy (non-hydrogen) atoms. The van der Waals surface area contributed by atoms with E-state index in [1.807, 2.05) is 0 Å². The second-order valence-electron chi connectivity index (χ2n) is 2.80. The van der Waals surface area contributed by atoms with E-state index in [1.165, 1.54) is 0 Å². The first-order valence-electron chi connectivity index (χ1n) is 3.73. The number of aromatic carboxylic acids is 1. The minimum absolute atomic E-state index is 0.493. The van der Waals surface area contributed by atoms with E-state index in [1.54, 1.807) is 5.10 Å². The molecular weight excluding hydrogens is 220 g/mol. The van der Waals surface area contributed by atoms with Crippen molar-refractivity contribution in [2.24, 2.45) is 0 Å². The van der Waals surface area contributed by atoms with Crippen LogP contribution in [0.15, 0.2) is 0 Å². The third-order valence-corrected chi connectivity index (χ3v) is 1.81. The largest absolute Gasteiger partial charge is 0.477 e. The van der Waals surface area contributed by atoms with E-state index in [0.29, 0.717) is 0 Å². The maximum Gasteiger partial charge on any atom is 0.354 e. The second-order valence-corrected chi connectivity index (χ2v) is 2.80. The molecule has 8 heteroatoms. The van der Waals surface area contributed by atoms with E-state index in [-0.39, 0.29) is 0 Å². The van der Waals surface area contributed by atoms with Crippen molar-refractivity contribution in [3.63, 3.8) is 0 Å². The molecule has 0 aliphatic rings. The number of rotatable bonds is 3. The number of carboxylic acids is 1. The number of halogens is 4. The molecule has 1 aromatic rings. The molecule has 84 valence electrons. The van der Waals surface area contributed by atoms with Crippen molar-refractivity contribution in [3.8, 4) is 0 Å². The average Bonchev–Trinajstić information content (AvgIpc) is 2.46. The Morgan fingerprint density at radius 2 is 2.07 bits per heavy atom. The van der Waals surface area contributed by atoms with Crippen LogP contribution in [0.4, 0.5) is 17.6 Å². The molecule has 0 aliphatic heterocycles. The fourth-order valence-corrected chi connectivity index (χ4v) is 1.03. The zero-order valence-corrected chi connectivity index (χ0v) is 7.39. The molecule has 0 radical (unpaired) electrons. The quantitative estimate of drug-likeness (QED) is 0.772. The number of hydrogen-bond donors (Lipinski definition) is 2. The highest BCUT2D eigenvalue weighted by atomic mass is 19.3. The highest BCUT2D eigenvalue weighted by Gasteiger charge is 2.47. The van der Waals surface area contributed by atoms with Crippen molar-refractivity contribution in [1.29, 1.82) is 0 Å². The number of hydrogen-bond acceptors (Lipinski definition) is 2. The number of nitrogens with zero attached hydrogens (tertiary/aromatic N) is 1. The van der Waals surface area contributed by atoms with Crippen LogP contribution in [0.5, 0.6) is 0 Å². The molecule has 0 aliphatic carbocycles. The summed E-state index contributed by atoms with van der Waals surface area (Å²) in [7, 11) is 0. The number of carbonyl (C=O) groups is 1. The van der Waals surface area contributed by atoms with Gasteiger partial charge in [-0.1, -0.05) is 0 Å². The molecule has 0 fully saturated rings. The Hall–Kier alpha value is -1.60. The van der Waals surface area contributed by atoms with Gasteiger partial charge in [-0.25, -0.2) is 13.6 Å². The molecule has 0 saturated carbocycles. The number of aromatic nitrogens is 2. The van der Waals surface area contributed by atoms with Gasteiger partial charge < -0.3 is 5.11 Å². The summed E-state index contributed by atoms with van der Waals surface area (Å²) in [5.41, 5.74) is -2.35. The van der Waals surface area contributed by atoms with Crippen LogP contribution in [-0.4, -0.2) is 27.7 Å². The van der Waals surface area contributed by atoms with Crippen LogP contribution >= 0.6 is 0 Å². The lowest BCUT2D eigenvalue weighted by Crippen LogP contribution is -2.25. The zero-order chi connectivity index (χ0) is 11.8. The monoisotopic (exact) mass is 226 g/mol. The topological polar surface area (TPSA) is 66.0 Å². The Morgan fingerprint density at radius 1 is 1.53 bits per heavy atom. The fraction of sp³-hybridized carbons (Fsp3) is 0.429. The first-order chi connectivity index (χ1) is 6.78. The van der Waals surface area contributed by atoms with Gasteiger partial charge in [-0.2, -0.15) is 13.9 Å². The van der Waals surface area contributed by atoms with Gasteiger partial charge in [0.1, 0.15) is 11.4 Å². The summed E-state index contributed by atoms with van der Waals surface area (Å²) in [4.78, 5) is 10.4. The van der Waals surface area contributed by atoms with Crippen LogP contribution < -0.4 is 0 Å². The Balaban J connectivity index is 3.23. The maximum atomic E-state index is 12.8. The second kappa shape index (κ2) is 3.52. The zero-order valence-electron chi connectivity index (χ0n) is 7.39. The predicted octanol–water partition coefficient (Wildman–Crippen LogP) is 1.77. The van der Waals surface area contributed by atoms with Gasteiger partial charge in [-0.05, 0) is 6.92 Å². The molecule has 0 aromatic carbocycles. The summed E-state index contributed by atoms with van der Waals surface area (Å²) in [5, 5.41) is 13.1. The van der Waals surface area contributed by atoms with Gasteiger partial charge in [0.25, 0.3) is 0 Å². The molecule has 1 aromatic heterocycles. The maximum absolute atomic E-state index is 12.8. The summed E-state index contributed by atoms with van der Waals surface area (Å²) in [6.07, 6.45) is -3.93. The van der Waals surface area contributed by atoms with Gasteiger partial charge in [0.15, 0.2) is 0 Å². The normalized spacial score (nSPS) is 12.1. The van der Waals surface area contributed by atoms with Gasteiger partial charge in [-0.3, -0.25) is 5.10 Å². The Kier molecular flexibility index (Phi) is 2.69. The molecule has 1 rings (SSSR count). The third-order valence-electron chi connectivity index (χ3n) is 1.81. The summed E-state index contributed by atoms with van der Waals surface area (Å²) >= 11 is 0. The van der Waals surface area contributed by atoms with Crippen molar-refractivity contribution < 1.29 is 27.5 Å². The van der Waals surface area contributed by atoms with Crippen molar-refractivity contribution in [3.05, 3.63) is 17.0 Å². The van der Waals surface area contributed by atoms with Gasteiger partial charge >= 0.3 is 18.3 Å². The smallest absolute Gasteiger partial charge is 0.354 e. The number of alkyl halides is 4. The van der Waals surface area contributed by atoms with E-state index >= 15 is 0 Å². The van der Waals surface area contributed by atoms with Crippen LogP contribution in [0.1, 0.15) is 21.7 Å². The molecule has 0 bridgehead atoms. The third kappa shape index (κ3) is 1.79. The molecule has 4 nitrogen and oxygen atoms in total. The fourth-order valence-electron chi connectivity index (χ4n) is 1.03. The van der Waals surface area contributed by atoms with Crippen molar-refractivity contribution >= 4 is 5.97 Å². The van der Waals surface area contributed by atoms with Gasteiger partial charge in [0.05, 0.1) is 0 Å². The Labute approximate surface area is 80.9 Å². The first kappa shape index (κ1) is 11.5. The highest BCUT2D eigenvalue weighted by molar-refractivity contribution is 5.87. The van der Waals surface area contributed by atoms with Crippen molar-refractivity contribution in [1.82, 2.24) is 10.2 Å². The van der Waals surface area contributed by atoms with Gasteiger partial charge in [0.2, 0.25) is 0 Å². The molecule has 0 spiro atoms. The van der Waals surface area contributed by atoms with E-state index in [9.17, 15) is 22.4 Å². The molecular formula is C7H6F4N2O2. The lowest BCUT2D eigenvalue weighted by molar-refractivity contribution is -0.138. The van der Waals surface area contributed by atoms with E-state index in [2.05, 4.69) is 5.10 Å².